The molecule has 5 heteroatoms. The largest absolute Gasteiger partial charge is 0.492 e. The Kier molecular flexibility index (Phi) is 5.59. The number of ether oxygens (including phenoxy) is 2. The summed E-state index contributed by atoms with van der Waals surface area (Å²) >= 11 is 0. The zero-order chi connectivity index (χ0) is 16.7. The number of nitrogens with zero attached hydrogens (tertiary/aromatic N) is 1. The molecule has 2 aromatic rings. The van der Waals surface area contributed by atoms with Gasteiger partial charge in [-0.15, -0.1) is 0 Å². The summed E-state index contributed by atoms with van der Waals surface area (Å²) in [5.41, 5.74) is 1.08. The lowest BCUT2D eigenvalue weighted by Crippen LogP contribution is -2.30. The molecule has 0 spiro atoms. The molecule has 0 bridgehead atoms. The highest BCUT2D eigenvalue weighted by molar-refractivity contribution is 5.95. The summed E-state index contributed by atoms with van der Waals surface area (Å²) in [5, 5.41) is 11.7. The number of benzene rings is 2. The predicted octanol–water partition coefficient (Wildman–Crippen LogP) is 3.36. The van der Waals surface area contributed by atoms with Crippen molar-refractivity contribution < 1.29 is 14.3 Å². The number of carbonyl (C=O) groups excluding carboxylic acids is 1. The molecule has 5 nitrogen and oxygen atoms in total. The molecule has 0 aromatic heterocycles. The van der Waals surface area contributed by atoms with Gasteiger partial charge in [0.15, 0.2) is 6.10 Å². The lowest BCUT2D eigenvalue weighted by Gasteiger charge is -2.16. The van der Waals surface area contributed by atoms with Gasteiger partial charge in [0.2, 0.25) is 0 Å². The molecule has 0 aliphatic rings. The Morgan fingerprint density at radius 2 is 2.04 bits per heavy atom. The molecule has 2 rings (SSSR count). The average Bonchev–Trinajstić information content (AvgIpc) is 2.57. The van der Waals surface area contributed by atoms with Crippen LogP contribution < -0.4 is 14.8 Å². The van der Waals surface area contributed by atoms with Crippen LogP contribution in [0.1, 0.15) is 19.4 Å². The van der Waals surface area contributed by atoms with E-state index in [0.29, 0.717) is 29.4 Å². The molecule has 0 radical (unpaired) electrons. The van der Waals surface area contributed by atoms with Crippen LogP contribution in [-0.2, 0) is 4.79 Å². The third-order valence-electron chi connectivity index (χ3n) is 3.09. The van der Waals surface area contributed by atoms with E-state index in [2.05, 4.69) is 5.32 Å². The standard InChI is InChI=1S/C18H18N2O3/c1-3-22-17-10-5-4-9-16(17)20-18(21)13(2)23-15-8-6-7-14(11-15)12-19/h4-11,13H,3H2,1-2H3,(H,20,21). The molecule has 1 unspecified atom stereocenters. The second-order valence-electron chi connectivity index (χ2n) is 4.82. The Balaban J connectivity index is 2.04. The average molecular weight is 310 g/mol. The predicted molar refractivity (Wildman–Crippen MR) is 87.5 cm³/mol. The van der Waals surface area contributed by atoms with Gasteiger partial charge in [0, 0.05) is 0 Å². The van der Waals surface area contributed by atoms with E-state index in [9.17, 15) is 4.79 Å². The first kappa shape index (κ1) is 16.4. The number of carbonyl (C=O) groups is 1. The molecule has 0 heterocycles. The number of nitriles is 1. The maximum absolute atomic E-state index is 12.3. The summed E-state index contributed by atoms with van der Waals surface area (Å²) in [6, 6.07) is 15.9. The third kappa shape index (κ3) is 4.48. The molecule has 2 aromatic carbocycles. The fraction of sp³-hybridized carbons (Fsp3) is 0.222. The molecule has 23 heavy (non-hydrogen) atoms. The summed E-state index contributed by atoms with van der Waals surface area (Å²) in [7, 11) is 0. The first-order valence-corrected chi connectivity index (χ1v) is 7.33. The first-order valence-electron chi connectivity index (χ1n) is 7.33. The highest BCUT2D eigenvalue weighted by Crippen LogP contribution is 2.24. The third-order valence-corrected chi connectivity index (χ3v) is 3.09. The fourth-order valence-electron chi connectivity index (χ4n) is 1.98. The molecule has 0 aliphatic heterocycles. The number of hydrogen-bond acceptors (Lipinski definition) is 4. The molecule has 118 valence electrons. The first-order chi connectivity index (χ1) is 11.1. The van der Waals surface area contributed by atoms with E-state index in [1.165, 1.54) is 0 Å². The molecular formula is C18H18N2O3. The van der Waals surface area contributed by atoms with Crippen LogP contribution in [0.3, 0.4) is 0 Å². The zero-order valence-corrected chi connectivity index (χ0v) is 13.1. The van der Waals surface area contributed by atoms with Crippen LogP contribution in [0.15, 0.2) is 48.5 Å². The minimum absolute atomic E-state index is 0.292. The van der Waals surface area contributed by atoms with Gasteiger partial charge in [-0.25, -0.2) is 0 Å². The van der Waals surface area contributed by atoms with Gasteiger partial charge in [0.05, 0.1) is 23.9 Å². The molecule has 0 saturated carbocycles. The van der Waals surface area contributed by atoms with Gasteiger partial charge >= 0.3 is 0 Å². The van der Waals surface area contributed by atoms with Crippen molar-refractivity contribution in [3.05, 3.63) is 54.1 Å². The van der Waals surface area contributed by atoms with Crippen LogP contribution in [0.25, 0.3) is 0 Å². The molecule has 0 aliphatic carbocycles. The Labute approximate surface area is 135 Å². The number of rotatable bonds is 6. The molecule has 1 N–H and O–H groups in total. The Morgan fingerprint density at radius 3 is 2.78 bits per heavy atom. The van der Waals surface area contributed by atoms with Gasteiger partial charge in [0.25, 0.3) is 5.91 Å². The molecule has 1 atom stereocenters. The van der Waals surface area contributed by atoms with E-state index in [1.54, 1.807) is 43.3 Å². The van der Waals surface area contributed by atoms with Gasteiger partial charge in [-0.3, -0.25) is 4.79 Å². The zero-order valence-electron chi connectivity index (χ0n) is 13.1. The van der Waals surface area contributed by atoms with Crippen molar-refractivity contribution in [1.29, 1.82) is 5.26 Å². The lowest BCUT2D eigenvalue weighted by atomic mass is 10.2. The maximum Gasteiger partial charge on any atom is 0.265 e. The number of amides is 1. The molecule has 0 fully saturated rings. The maximum atomic E-state index is 12.3. The van der Waals surface area contributed by atoms with Gasteiger partial charge in [-0.05, 0) is 44.2 Å². The number of anilines is 1. The van der Waals surface area contributed by atoms with Crippen LogP contribution >= 0.6 is 0 Å². The minimum Gasteiger partial charge on any atom is -0.492 e. The molecule has 1 amide bonds. The van der Waals surface area contributed by atoms with Gasteiger partial charge in [0.1, 0.15) is 11.5 Å². The quantitative estimate of drug-likeness (QED) is 0.888. The lowest BCUT2D eigenvalue weighted by molar-refractivity contribution is -0.122. The monoisotopic (exact) mass is 310 g/mol. The van der Waals surface area contributed by atoms with Crippen molar-refractivity contribution >= 4 is 11.6 Å². The highest BCUT2D eigenvalue weighted by Gasteiger charge is 2.16. The van der Waals surface area contributed by atoms with Crippen LogP contribution in [-0.4, -0.2) is 18.6 Å². The van der Waals surface area contributed by atoms with Crippen molar-refractivity contribution in [3.63, 3.8) is 0 Å². The van der Waals surface area contributed by atoms with Crippen molar-refractivity contribution in [3.8, 4) is 17.6 Å². The summed E-state index contributed by atoms with van der Waals surface area (Å²) < 4.78 is 11.1. The van der Waals surface area contributed by atoms with Crippen molar-refractivity contribution in [2.75, 3.05) is 11.9 Å². The van der Waals surface area contributed by atoms with Crippen molar-refractivity contribution in [1.82, 2.24) is 0 Å². The van der Waals surface area contributed by atoms with E-state index >= 15 is 0 Å². The Morgan fingerprint density at radius 1 is 1.26 bits per heavy atom. The second-order valence-corrected chi connectivity index (χ2v) is 4.82. The normalized spacial score (nSPS) is 11.2. The van der Waals surface area contributed by atoms with E-state index in [0.717, 1.165) is 0 Å². The van der Waals surface area contributed by atoms with E-state index < -0.39 is 6.10 Å². The highest BCUT2D eigenvalue weighted by atomic mass is 16.5. The smallest absolute Gasteiger partial charge is 0.265 e. The SMILES string of the molecule is CCOc1ccccc1NC(=O)C(C)Oc1cccc(C#N)c1. The van der Waals surface area contributed by atoms with Crippen molar-refractivity contribution in [2.24, 2.45) is 0 Å². The summed E-state index contributed by atoms with van der Waals surface area (Å²) in [4.78, 5) is 12.3. The number of para-hydroxylation sites is 2. The minimum atomic E-state index is -0.710. The topological polar surface area (TPSA) is 71.3 Å². The van der Waals surface area contributed by atoms with E-state index in [-0.39, 0.29) is 5.91 Å². The van der Waals surface area contributed by atoms with E-state index in [1.807, 2.05) is 25.1 Å². The number of nitrogens with one attached hydrogen (secondary N) is 1. The molecular weight excluding hydrogens is 292 g/mol. The summed E-state index contributed by atoms with van der Waals surface area (Å²) in [5.74, 6) is 0.798. The van der Waals surface area contributed by atoms with Gasteiger partial charge < -0.3 is 14.8 Å². The van der Waals surface area contributed by atoms with Gasteiger partial charge in [-0.2, -0.15) is 5.26 Å². The fourth-order valence-corrected chi connectivity index (χ4v) is 1.98. The van der Waals surface area contributed by atoms with Crippen LogP contribution in [0, 0.1) is 11.3 Å². The number of hydrogen-bond donors (Lipinski definition) is 1. The Bertz CT molecular complexity index is 722. The summed E-state index contributed by atoms with van der Waals surface area (Å²) in [6.07, 6.45) is -0.710. The van der Waals surface area contributed by atoms with Gasteiger partial charge in [-0.1, -0.05) is 18.2 Å². The Hall–Kier alpha value is -3.00. The van der Waals surface area contributed by atoms with Crippen LogP contribution in [0.5, 0.6) is 11.5 Å². The van der Waals surface area contributed by atoms with Crippen molar-refractivity contribution in [2.45, 2.75) is 20.0 Å². The van der Waals surface area contributed by atoms with E-state index in [4.69, 9.17) is 14.7 Å². The summed E-state index contributed by atoms with van der Waals surface area (Å²) in [6.45, 7) is 4.05. The molecule has 0 saturated heterocycles. The van der Waals surface area contributed by atoms with Crippen LogP contribution in [0.2, 0.25) is 0 Å². The van der Waals surface area contributed by atoms with Crippen LogP contribution in [0.4, 0.5) is 5.69 Å². The second kappa shape index (κ2) is 7.85.